The lowest BCUT2D eigenvalue weighted by Crippen LogP contribution is -2.44. The molecule has 1 aliphatic rings. The molecule has 1 amide bonds. The lowest BCUT2D eigenvalue weighted by atomic mass is 10.0. The maximum atomic E-state index is 12.6. The molecule has 0 spiro atoms. The second kappa shape index (κ2) is 8.97. The fraction of sp³-hybridized carbons (Fsp3) is 0.579. The van der Waals surface area contributed by atoms with E-state index in [-0.39, 0.29) is 12.2 Å². The van der Waals surface area contributed by atoms with Crippen LogP contribution in [-0.4, -0.2) is 43.0 Å². The summed E-state index contributed by atoms with van der Waals surface area (Å²) < 4.78 is 15.9. The van der Waals surface area contributed by atoms with Crippen LogP contribution >= 0.6 is 0 Å². The molecule has 0 saturated carbocycles. The average molecular weight is 349 g/mol. The first kappa shape index (κ1) is 19.4. The predicted octanol–water partition coefficient (Wildman–Crippen LogP) is 2.84. The lowest BCUT2D eigenvalue weighted by Gasteiger charge is -2.23. The summed E-state index contributed by atoms with van der Waals surface area (Å²) in [6.07, 6.45) is 0.183. The Bertz CT molecular complexity index is 561. The third kappa shape index (κ3) is 7.23. The molecule has 6 heteroatoms. The van der Waals surface area contributed by atoms with Crippen LogP contribution < -0.4 is 5.32 Å². The molecule has 1 saturated heterocycles. The van der Waals surface area contributed by atoms with Crippen molar-refractivity contribution in [1.29, 1.82) is 0 Å². The van der Waals surface area contributed by atoms with Gasteiger partial charge in [0.1, 0.15) is 5.60 Å². The number of nitrogens with one attached hydrogen (secondary N) is 1. The summed E-state index contributed by atoms with van der Waals surface area (Å²) in [7, 11) is 0. The van der Waals surface area contributed by atoms with Gasteiger partial charge in [0.2, 0.25) is 0 Å². The Morgan fingerprint density at radius 1 is 1.20 bits per heavy atom. The van der Waals surface area contributed by atoms with Crippen molar-refractivity contribution < 1.29 is 23.8 Å². The fourth-order valence-corrected chi connectivity index (χ4v) is 2.55. The minimum atomic E-state index is -0.636. The Morgan fingerprint density at radius 3 is 2.44 bits per heavy atom. The van der Waals surface area contributed by atoms with Gasteiger partial charge in [-0.3, -0.25) is 4.79 Å². The van der Waals surface area contributed by atoms with E-state index in [9.17, 15) is 9.59 Å². The van der Waals surface area contributed by atoms with E-state index in [1.165, 1.54) is 0 Å². The van der Waals surface area contributed by atoms with Crippen LogP contribution in [0.3, 0.4) is 0 Å². The third-order valence-corrected chi connectivity index (χ3v) is 3.70. The number of ketones is 1. The first-order valence-corrected chi connectivity index (χ1v) is 8.63. The zero-order chi connectivity index (χ0) is 18.3. The van der Waals surface area contributed by atoms with E-state index in [1.54, 1.807) is 20.8 Å². The Balaban J connectivity index is 1.96. The second-order valence-corrected chi connectivity index (χ2v) is 7.06. The summed E-state index contributed by atoms with van der Waals surface area (Å²) in [4.78, 5) is 24.7. The summed E-state index contributed by atoms with van der Waals surface area (Å²) in [5.74, 6) is -0.117. The van der Waals surface area contributed by atoms with Gasteiger partial charge >= 0.3 is 6.09 Å². The van der Waals surface area contributed by atoms with Crippen LogP contribution in [0.1, 0.15) is 39.2 Å². The van der Waals surface area contributed by atoms with Crippen LogP contribution in [0.5, 0.6) is 0 Å². The van der Waals surface area contributed by atoms with E-state index < -0.39 is 24.0 Å². The average Bonchev–Trinajstić information content (AvgIpc) is 3.03. The molecule has 0 radical (unpaired) electrons. The number of hydrogen-bond acceptors (Lipinski definition) is 5. The Morgan fingerprint density at radius 2 is 1.84 bits per heavy atom. The van der Waals surface area contributed by atoms with Crippen molar-refractivity contribution in [3.8, 4) is 0 Å². The summed E-state index contributed by atoms with van der Waals surface area (Å²) in [6.45, 7) is 6.34. The SMILES string of the molecule is CC(C)(C)OC(=O)N[C@@H](CCc1ccccc1)C(=O)CC1OCCO1. The second-order valence-electron chi connectivity index (χ2n) is 7.06. The van der Waals surface area contributed by atoms with Crippen LogP contribution in [0.4, 0.5) is 4.79 Å². The number of alkyl carbamates (subject to hydrolysis) is 1. The number of amides is 1. The van der Waals surface area contributed by atoms with Crippen LogP contribution in [0.25, 0.3) is 0 Å². The largest absolute Gasteiger partial charge is 0.444 e. The number of carbonyl (C=O) groups excluding carboxylic acids is 2. The molecule has 138 valence electrons. The van der Waals surface area contributed by atoms with E-state index in [4.69, 9.17) is 14.2 Å². The van der Waals surface area contributed by atoms with Crippen LogP contribution in [0, 0.1) is 0 Å². The van der Waals surface area contributed by atoms with E-state index in [1.807, 2.05) is 30.3 Å². The molecule has 0 bridgehead atoms. The van der Waals surface area contributed by atoms with E-state index in [2.05, 4.69) is 5.32 Å². The lowest BCUT2D eigenvalue weighted by molar-refractivity contribution is -0.129. The highest BCUT2D eigenvalue weighted by atomic mass is 16.7. The molecular weight excluding hydrogens is 322 g/mol. The molecular formula is C19H27NO5. The van der Waals surface area contributed by atoms with Crippen molar-refractivity contribution in [1.82, 2.24) is 5.32 Å². The summed E-state index contributed by atoms with van der Waals surface area (Å²) in [6, 6.07) is 9.21. The molecule has 2 rings (SSSR count). The molecule has 0 aromatic heterocycles. The van der Waals surface area contributed by atoms with Crippen molar-refractivity contribution in [2.75, 3.05) is 13.2 Å². The van der Waals surface area contributed by atoms with Gasteiger partial charge in [-0.15, -0.1) is 0 Å². The zero-order valence-electron chi connectivity index (χ0n) is 15.1. The zero-order valence-corrected chi connectivity index (χ0v) is 15.1. The predicted molar refractivity (Wildman–Crippen MR) is 93.2 cm³/mol. The molecule has 1 heterocycles. The monoisotopic (exact) mass is 349 g/mol. The highest BCUT2D eigenvalue weighted by Gasteiger charge is 2.28. The number of Topliss-reactive ketones (excluding diaryl/α,β-unsaturated/α-hetero) is 1. The number of benzene rings is 1. The summed E-state index contributed by atoms with van der Waals surface area (Å²) in [5, 5.41) is 2.70. The Labute approximate surface area is 148 Å². The van der Waals surface area contributed by atoms with Crippen molar-refractivity contribution in [2.24, 2.45) is 0 Å². The van der Waals surface area contributed by atoms with Gasteiger partial charge < -0.3 is 19.5 Å². The maximum Gasteiger partial charge on any atom is 0.408 e. The van der Waals surface area contributed by atoms with Gasteiger partial charge in [0.15, 0.2) is 12.1 Å². The molecule has 1 aromatic carbocycles. The minimum absolute atomic E-state index is 0.117. The maximum absolute atomic E-state index is 12.6. The van der Waals surface area contributed by atoms with E-state index in [0.717, 1.165) is 5.56 Å². The van der Waals surface area contributed by atoms with Gasteiger partial charge in [-0.25, -0.2) is 4.79 Å². The molecule has 0 aliphatic carbocycles. The van der Waals surface area contributed by atoms with Crippen molar-refractivity contribution in [3.05, 3.63) is 35.9 Å². The normalized spacial score (nSPS) is 16.4. The molecule has 0 unspecified atom stereocenters. The van der Waals surface area contributed by atoms with Crippen LogP contribution in [0.2, 0.25) is 0 Å². The molecule has 1 fully saturated rings. The van der Waals surface area contributed by atoms with Crippen LogP contribution in [-0.2, 0) is 25.4 Å². The summed E-state index contributed by atoms with van der Waals surface area (Å²) in [5.41, 5.74) is 0.495. The number of aryl methyl sites for hydroxylation is 1. The van der Waals surface area contributed by atoms with Gasteiger partial charge in [-0.1, -0.05) is 30.3 Å². The highest BCUT2D eigenvalue weighted by Crippen LogP contribution is 2.14. The number of hydrogen-bond donors (Lipinski definition) is 1. The van der Waals surface area contributed by atoms with Gasteiger partial charge in [-0.05, 0) is 39.2 Å². The first-order chi connectivity index (χ1) is 11.8. The number of ether oxygens (including phenoxy) is 3. The Kier molecular flexibility index (Phi) is 6.96. The van der Waals surface area contributed by atoms with Crippen molar-refractivity contribution in [3.63, 3.8) is 0 Å². The first-order valence-electron chi connectivity index (χ1n) is 8.63. The van der Waals surface area contributed by atoms with Gasteiger partial charge in [-0.2, -0.15) is 0 Å². The number of rotatable bonds is 7. The summed E-state index contributed by atoms with van der Waals surface area (Å²) >= 11 is 0. The molecule has 1 aliphatic heterocycles. The molecule has 6 nitrogen and oxygen atoms in total. The van der Waals surface area contributed by atoms with E-state index >= 15 is 0 Å². The van der Waals surface area contributed by atoms with Gasteiger partial charge in [0.05, 0.1) is 25.7 Å². The minimum Gasteiger partial charge on any atom is -0.444 e. The topological polar surface area (TPSA) is 73.9 Å². The smallest absolute Gasteiger partial charge is 0.408 e. The number of carbonyl (C=O) groups is 2. The van der Waals surface area contributed by atoms with Gasteiger partial charge in [0, 0.05) is 0 Å². The van der Waals surface area contributed by atoms with Crippen molar-refractivity contribution >= 4 is 11.9 Å². The molecule has 1 atom stereocenters. The fourth-order valence-electron chi connectivity index (χ4n) is 2.55. The van der Waals surface area contributed by atoms with Gasteiger partial charge in [0.25, 0.3) is 0 Å². The standard InChI is InChI=1S/C19H27NO5/c1-19(2,3)25-18(22)20-15(10-9-14-7-5-4-6-8-14)16(21)13-17-23-11-12-24-17/h4-8,15,17H,9-13H2,1-3H3,(H,20,22)/t15-/m0/s1. The highest BCUT2D eigenvalue weighted by molar-refractivity contribution is 5.87. The Hall–Kier alpha value is -1.92. The molecule has 25 heavy (non-hydrogen) atoms. The molecule has 1 N–H and O–H groups in total. The van der Waals surface area contributed by atoms with Crippen LogP contribution in [0.15, 0.2) is 30.3 Å². The van der Waals surface area contributed by atoms with Crippen molar-refractivity contribution in [2.45, 2.75) is 58.0 Å². The third-order valence-electron chi connectivity index (χ3n) is 3.70. The molecule has 1 aromatic rings. The van der Waals surface area contributed by atoms with E-state index in [0.29, 0.717) is 26.1 Å². The quantitative estimate of drug-likeness (QED) is 0.819.